The molecule has 0 radical (unpaired) electrons. The number of ether oxygens (including phenoxy) is 1. The molecule has 1 aromatic rings. The summed E-state index contributed by atoms with van der Waals surface area (Å²) in [6.07, 6.45) is 1.32. The number of halogens is 2. The second kappa shape index (κ2) is 6.20. The minimum atomic E-state index is -1.31. The van der Waals surface area contributed by atoms with Crippen molar-refractivity contribution in [1.29, 1.82) is 0 Å². The average Bonchev–Trinajstić information content (AvgIpc) is 2.37. The minimum Gasteiger partial charge on any atom is -0.444 e. The molecule has 5 nitrogen and oxygen atoms in total. The first-order valence-corrected chi connectivity index (χ1v) is 7.01. The summed E-state index contributed by atoms with van der Waals surface area (Å²) in [7, 11) is 1.47. The van der Waals surface area contributed by atoms with E-state index >= 15 is 0 Å². The molecule has 1 heterocycles. The molecule has 0 fully saturated rings. The summed E-state index contributed by atoms with van der Waals surface area (Å²) in [6.45, 7) is 6.79. The van der Waals surface area contributed by atoms with Gasteiger partial charge in [-0.05, 0) is 33.8 Å². The van der Waals surface area contributed by atoms with Crippen molar-refractivity contribution in [3.63, 3.8) is 0 Å². The lowest BCUT2D eigenvalue weighted by atomic mass is 9.93. The molecule has 0 spiro atoms. The molecule has 0 aliphatic carbocycles. The fourth-order valence-electron chi connectivity index (χ4n) is 1.64. The van der Waals surface area contributed by atoms with Crippen molar-refractivity contribution < 1.29 is 14.3 Å². The van der Waals surface area contributed by atoms with E-state index in [-0.39, 0.29) is 10.2 Å². The molecule has 0 saturated heterocycles. The third-order valence-corrected chi connectivity index (χ3v) is 3.47. The van der Waals surface area contributed by atoms with Gasteiger partial charge in [0.25, 0.3) is 0 Å². The second-order valence-electron chi connectivity index (χ2n) is 5.79. The van der Waals surface area contributed by atoms with Crippen LogP contribution >= 0.6 is 23.2 Å². The zero-order valence-electron chi connectivity index (χ0n) is 12.6. The summed E-state index contributed by atoms with van der Waals surface area (Å²) in [5, 5.41) is 0.421. The van der Waals surface area contributed by atoms with Gasteiger partial charge >= 0.3 is 6.09 Å². The SMILES string of the molecule is CN(C(=O)OC(C)(C)C)C(C)(C=O)c1cc(Cl)ncc1Cl. The lowest BCUT2D eigenvalue weighted by Gasteiger charge is -2.36. The normalized spacial score (nSPS) is 14.2. The number of nitrogens with zero attached hydrogens (tertiary/aromatic N) is 2. The molecule has 21 heavy (non-hydrogen) atoms. The highest BCUT2D eigenvalue weighted by Crippen LogP contribution is 2.33. The Bertz CT molecular complexity index is 558. The van der Waals surface area contributed by atoms with E-state index in [0.717, 1.165) is 0 Å². The van der Waals surface area contributed by atoms with Gasteiger partial charge in [0.1, 0.15) is 22.6 Å². The fourth-order valence-corrected chi connectivity index (χ4v) is 2.10. The molecular formula is C14H18Cl2N2O3. The van der Waals surface area contributed by atoms with Crippen LogP contribution < -0.4 is 0 Å². The van der Waals surface area contributed by atoms with Gasteiger partial charge in [0.15, 0.2) is 0 Å². The predicted molar refractivity (Wildman–Crippen MR) is 81.7 cm³/mol. The van der Waals surface area contributed by atoms with Crippen LogP contribution in [0.25, 0.3) is 0 Å². The molecule has 1 atom stereocenters. The van der Waals surface area contributed by atoms with E-state index in [0.29, 0.717) is 11.8 Å². The van der Waals surface area contributed by atoms with Crippen molar-refractivity contribution >= 4 is 35.6 Å². The maximum absolute atomic E-state index is 12.2. The number of aromatic nitrogens is 1. The van der Waals surface area contributed by atoms with E-state index in [1.54, 1.807) is 27.7 Å². The maximum Gasteiger partial charge on any atom is 0.411 e. The molecule has 1 aromatic heterocycles. The van der Waals surface area contributed by atoms with Gasteiger partial charge in [-0.1, -0.05) is 23.2 Å². The smallest absolute Gasteiger partial charge is 0.411 e. The van der Waals surface area contributed by atoms with Crippen molar-refractivity contribution in [2.24, 2.45) is 0 Å². The van der Waals surface area contributed by atoms with Gasteiger partial charge in [-0.3, -0.25) is 4.90 Å². The highest BCUT2D eigenvalue weighted by atomic mass is 35.5. The van der Waals surface area contributed by atoms with Crippen molar-refractivity contribution in [3.05, 3.63) is 28.0 Å². The molecule has 0 bridgehead atoms. The Hall–Kier alpha value is -1.33. The van der Waals surface area contributed by atoms with Gasteiger partial charge < -0.3 is 9.53 Å². The van der Waals surface area contributed by atoms with E-state index < -0.39 is 17.2 Å². The molecular weight excluding hydrogens is 315 g/mol. The third-order valence-electron chi connectivity index (χ3n) is 2.96. The zero-order valence-corrected chi connectivity index (χ0v) is 14.1. The first-order chi connectivity index (χ1) is 9.51. The number of likely N-dealkylation sites (N-methyl/N-ethyl adjacent to an activating group) is 1. The number of carbonyl (C=O) groups is 2. The monoisotopic (exact) mass is 332 g/mol. The Morgan fingerprint density at radius 2 is 1.90 bits per heavy atom. The van der Waals surface area contributed by atoms with Gasteiger partial charge in [0, 0.05) is 18.8 Å². The van der Waals surface area contributed by atoms with Crippen LogP contribution in [0, 0.1) is 0 Å². The van der Waals surface area contributed by atoms with Crippen LogP contribution in [-0.4, -0.2) is 34.9 Å². The van der Waals surface area contributed by atoms with E-state index in [9.17, 15) is 9.59 Å². The number of pyridine rings is 1. The minimum absolute atomic E-state index is 0.181. The van der Waals surface area contributed by atoms with E-state index in [4.69, 9.17) is 27.9 Å². The van der Waals surface area contributed by atoms with Gasteiger partial charge in [-0.2, -0.15) is 0 Å². The highest BCUT2D eigenvalue weighted by Gasteiger charge is 2.38. The van der Waals surface area contributed by atoms with Gasteiger partial charge in [-0.15, -0.1) is 0 Å². The third kappa shape index (κ3) is 4.08. The fraction of sp³-hybridized carbons (Fsp3) is 0.500. The maximum atomic E-state index is 12.2. The Morgan fingerprint density at radius 1 is 1.33 bits per heavy atom. The van der Waals surface area contributed by atoms with Crippen LogP contribution in [0.15, 0.2) is 12.3 Å². The van der Waals surface area contributed by atoms with Crippen LogP contribution in [0.3, 0.4) is 0 Å². The van der Waals surface area contributed by atoms with Crippen LogP contribution in [-0.2, 0) is 15.1 Å². The molecule has 0 aliphatic rings. The van der Waals surface area contributed by atoms with Gasteiger partial charge in [0.05, 0.1) is 5.02 Å². The summed E-state index contributed by atoms with van der Waals surface area (Å²) in [5.74, 6) is 0. The average molecular weight is 333 g/mol. The molecule has 1 rings (SSSR count). The van der Waals surface area contributed by atoms with E-state index in [1.165, 1.54) is 24.2 Å². The molecule has 0 saturated carbocycles. The van der Waals surface area contributed by atoms with Gasteiger partial charge in [0.2, 0.25) is 0 Å². The summed E-state index contributed by atoms with van der Waals surface area (Å²) < 4.78 is 5.28. The van der Waals surface area contributed by atoms with E-state index in [2.05, 4.69) is 4.98 Å². The quantitative estimate of drug-likeness (QED) is 0.625. The number of amides is 1. The topological polar surface area (TPSA) is 59.5 Å². The lowest BCUT2D eigenvalue weighted by Crippen LogP contribution is -2.48. The first kappa shape index (κ1) is 17.7. The summed E-state index contributed by atoms with van der Waals surface area (Å²) in [6, 6.07) is 1.46. The molecule has 116 valence electrons. The molecule has 1 amide bonds. The predicted octanol–water partition coefficient (Wildman–Crippen LogP) is 3.67. The van der Waals surface area contributed by atoms with Crippen molar-refractivity contribution in [2.75, 3.05) is 7.05 Å². The lowest BCUT2D eigenvalue weighted by molar-refractivity contribution is -0.117. The Morgan fingerprint density at radius 3 is 2.38 bits per heavy atom. The molecule has 0 N–H and O–H groups in total. The van der Waals surface area contributed by atoms with Crippen LogP contribution in [0.1, 0.15) is 33.3 Å². The number of hydrogen-bond donors (Lipinski definition) is 0. The zero-order chi connectivity index (χ0) is 16.4. The number of rotatable bonds is 3. The van der Waals surface area contributed by atoms with Crippen LogP contribution in [0.5, 0.6) is 0 Å². The van der Waals surface area contributed by atoms with Gasteiger partial charge in [-0.25, -0.2) is 9.78 Å². The molecule has 0 aliphatic heterocycles. The van der Waals surface area contributed by atoms with Crippen LogP contribution in [0.2, 0.25) is 10.2 Å². The van der Waals surface area contributed by atoms with Crippen LogP contribution in [0.4, 0.5) is 4.79 Å². The summed E-state index contributed by atoms with van der Waals surface area (Å²) in [4.78, 5) is 28.8. The molecule has 0 aromatic carbocycles. The summed E-state index contributed by atoms with van der Waals surface area (Å²) >= 11 is 11.9. The van der Waals surface area contributed by atoms with Crippen molar-refractivity contribution in [1.82, 2.24) is 9.88 Å². The molecule has 1 unspecified atom stereocenters. The first-order valence-electron chi connectivity index (χ1n) is 6.26. The number of aldehydes is 1. The second-order valence-corrected chi connectivity index (χ2v) is 6.59. The number of hydrogen-bond acceptors (Lipinski definition) is 4. The Balaban J connectivity index is 3.23. The highest BCUT2D eigenvalue weighted by molar-refractivity contribution is 6.33. The summed E-state index contributed by atoms with van der Waals surface area (Å²) in [5.41, 5.74) is -1.60. The Kier molecular flexibility index (Phi) is 5.23. The van der Waals surface area contributed by atoms with Crippen molar-refractivity contribution in [2.45, 2.75) is 38.8 Å². The standard InChI is InChI=1S/C14H18Cl2N2O3/c1-13(2,3)21-12(20)18(5)14(4,8-19)9-6-11(16)17-7-10(9)15/h6-8H,1-5H3. The van der Waals surface area contributed by atoms with E-state index in [1.807, 2.05) is 0 Å². The number of carbonyl (C=O) groups excluding carboxylic acids is 2. The largest absolute Gasteiger partial charge is 0.444 e. The van der Waals surface area contributed by atoms with Crippen molar-refractivity contribution in [3.8, 4) is 0 Å². The molecule has 7 heteroatoms. The Labute approximate surface area is 134 Å².